The summed E-state index contributed by atoms with van der Waals surface area (Å²) in [4.78, 5) is 44.0. The molecule has 0 radical (unpaired) electrons. The Labute approximate surface area is 274 Å². The molecule has 250 valence electrons. The molecule has 0 aromatic heterocycles. The molecular formula is C36H53ClFN3O4. The predicted octanol–water partition coefficient (Wildman–Crippen LogP) is 7.61. The highest BCUT2D eigenvalue weighted by molar-refractivity contribution is 6.47. The van der Waals surface area contributed by atoms with Crippen LogP contribution in [0.4, 0.5) is 4.39 Å². The van der Waals surface area contributed by atoms with E-state index in [4.69, 9.17) is 21.7 Å². The van der Waals surface area contributed by atoms with E-state index in [9.17, 15) is 18.8 Å². The fourth-order valence-electron chi connectivity index (χ4n) is 5.98. The summed E-state index contributed by atoms with van der Waals surface area (Å²) < 4.78 is 14.0. The number of halogens is 2. The fraction of sp³-hybridized carbons (Fsp3) is 0.556. The summed E-state index contributed by atoms with van der Waals surface area (Å²) in [6, 6.07) is 4.02. The van der Waals surface area contributed by atoms with Crippen LogP contribution in [0.25, 0.3) is 0 Å². The molecule has 1 aromatic carbocycles. The van der Waals surface area contributed by atoms with Crippen LogP contribution in [-0.4, -0.2) is 59.2 Å². The minimum absolute atomic E-state index is 0.0444. The lowest BCUT2D eigenvalue weighted by atomic mass is 9.67. The van der Waals surface area contributed by atoms with Crippen molar-refractivity contribution in [1.29, 1.82) is 0 Å². The number of benzene rings is 1. The van der Waals surface area contributed by atoms with Gasteiger partial charge in [0.05, 0.1) is 11.1 Å². The zero-order valence-electron chi connectivity index (χ0n) is 28.3. The Balaban J connectivity index is 0.00000243. The first-order chi connectivity index (χ1) is 21.5. The van der Waals surface area contributed by atoms with Crippen LogP contribution >= 0.6 is 11.6 Å². The van der Waals surface area contributed by atoms with Crippen molar-refractivity contribution >= 4 is 35.4 Å². The molecule has 1 atom stereocenters. The van der Waals surface area contributed by atoms with Gasteiger partial charge in [-0.3, -0.25) is 14.6 Å². The average Bonchev–Trinajstić information content (AvgIpc) is 3.32. The maximum absolute atomic E-state index is 14.2. The highest BCUT2D eigenvalue weighted by Gasteiger charge is 2.52. The van der Waals surface area contributed by atoms with Crippen LogP contribution in [0.1, 0.15) is 99.0 Å². The molecule has 1 aliphatic heterocycles. The Bertz CT molecular complexity index is 1250. The monoisotopic (exact) mass is 645 g/mol. The molecule has 1 fully saturated rings. The van der Waals surface area contributed by atoms with E-state index in [1.54, 1.807) is 12.1 Å². The van der Waals surface area contributed by atoms with Gasteiger partial charge in [-0.1, -0.05) is 83.9 Å². The number of allylic oxidation sites excluding steroid dienone is 3. The summed E-state index contributed by atoms with van der Waals surface area (Å²) in [5, 5.41) is 9.63. The van der Waals surface area contributed by atoms with Gasteiger partial charge >= 0.3 is 0 Å². The zero-order chi connectivity index (χ0) is 34.2. The number of nitrogens with zero attached hydrogens (tertiary/aromatic N) is 2. The van der Waals surface area contributed by atoms with Crippen molar-refractivity contribution in [3.05, 3.63) is 70.6 Å². The summed E-state index contributed by atoms with van der Waals surface area (Å²) in [5.41, 5.74) is 1.18. The van der Waals surface area contributed by atoms with E-state index >= 15 is 0 Å². The number of hydrogen-bond acceptors (Lipinski definition) is 5. The largest absolute Gasteiger partial charge is 0.400 e. The third-order valence-corrected chi connectivity index (χ3v) is 9.02. The van der Waals surface area contributed by atoms with Crippen molar-refractivity contribution in [1.82, 2.24) is 10.2 Å². The maximum atomic E-state index is 14.2. The van der Waals surface area contributed by atoms with E-state index in [1.165, 1.54) is 18.2 Å². The molecule has 1 heterocycles. The van der Waals surface area contributed by atoms with Gasteiger partial charge in [-0.25, -0.2) is 4.39 Å². The van der Waals surface area contributed by atoms with Gasteiger partial charge in [0.2, 0.25) is 5.91 Å². The van der Waals surface area contributed by atoms with Gasteiger partial charge < -0.3 is 20.1 Å². The molecule has 2 aliphatic rings. The van der Waals surface area contributed by atoms with Crippen molar-refractivity contribution in [2.75, 3.05) is 13.7 Å². The van der Waals surface area contributed by atoms with E-state index in [-0.39, 0.29) is 41.3 Å². The molecule has 9 heteroatoms. The van der Waals surface area contributed by atoms with Crippen molar-refractivity contribution < 1.29 is 23.9 Å². The second kappa shape index (κ2) is 19.4. The van der Waals surface area contributed by atoms with Gasteiger partial charge in [-0.05, 0) is 74.1 Å². The average molecular weight is 646 g/mol. The third kappa shape index (κ3) is 10.2. The first-order valence-corrected chi connectivity index (χ1v) is 16.5. The predicted molar refractivity (Wildman–Crippen MR) is 183 cm³/mol. The fourth-order valence-corrected chi connectivity index (χ4v) is 6.16. The Morgan fingerprint density at radius 1 is 1.22 bits per heavy atom. The van der Waals surface area contributed by atoms with E-state index < -0.39 is 11.5 Å². The zero-order valence-corrected chi connectivity index (χ0v) is 29.1. The molecule has 1 aromatic rings. The molecule has 1 aliphatic carbocycles. The molecule has 1 unspecified atom stereocenters. The lowest BCUT2D eigenvalue weighted by Crippen LogP contribution is -2.55. The molecule has 1 saturated carbocycles. The Morgan fingerprint density at radius 2 is 1.87 bits per heavy atom. The number of aldehydes is 1. The Hall–Kier alpha value is -3.10. The van der Waals surface area contributed by atoms with E-state index in [0.717, 1.165) is 51.1 Å². The molecule has 1 spiro atoms. The lowest BCUT2D eigenvalue weighted by molar-refractivity contribution is -0.132. The standard InChI is InChI=1S/C33H43ClFN3O3.C2H6.CH4O/c1-6-11-23(12-9-13-29(40)36-20-10-21-39)28(7-2)38-31(41)30(24-14-15-27(35)26(34)22-24)37-33(38)18-16-25(17-19-33)32(4,5)8-3;2*1-2/h6,9,11-15,21-22,25,28H,7-8,10,16-20H2,1-5H3,(H,36,40);1-2H3;2H,1H3/b11-6-,13-9+,23-12+;;. The number of carbonyl (C=O) groups excluding carboxylic acids is 3. The second-order valence-electron chi connectivity index (χ2n) is 11.6. The van der Waals surface area contributed by atoms with Gasteiger partial charge in [0.15, 0.2) is 0 Å². The van der Waals surface area contributed by atoms with Gasteiger partial charge in [-0.2, -0.15) is 0 Å². The van der Waals surface area contributed by atoms with Crippen LogP contribution < -0.4 is 5.32 Å². The molecule has 3 rings (SSSR count). The topological polar surface area (TPSA) is 99.1 Å². The molecular weight excluding hydrogens is 593 g/mol. The summed E-state index contributed by atoms with van der Waals surface area (Å²) in [5.74, 6) is -0.498. The number of aliphatic hydroxyl groups excluding tert-OH is 1. The second-order valence-corrected chi connectivity index (χ2v) is 12.0. The van der Waals surface area contributed by atoms with Crippen molar-refractivity contribution in [3.8, 4) is 0 Å². The molecule has 45 heavy (non-hydrogen) atoms. The lowest BCUT2D eigenvalue weighted by Gasteiger charge is -2.48. The van der Waals surface area contributed by atoms with Crippen LogP contribution in [0.2, 0.25) is 5.02 Å². The van der Waals surface area contributed by atoms with E-state index in [1.807, 2.05) is 50.8 Å². The van der Waals surface area contributed by atoms with Gasteiger partial charge in [0.1, 0.15) is 23.5 Å². The quantitative estimate of drug-likeness (QED) is 0.106. The molecule has 2 amide bonds. The molecule has 7 nitrogen and oxygen atoms in total. The van der Waals surface area contributed by atoms with Crippen LogP contribution in [0, 0.1) is 17.2 Å². The van der Waals surface area contributed by atoms with Gasteiger partial charge in [0.25, 0.3) is 5.91 Å². The van der Waals surface area contributed by atoms with Crippen LogP contribution in [0.5, 0.6) is 0 Å². The van der Waals surface area contributed by atoms with E-state index in [2.05, 4.69) is 26.1 Å². The minimum atomic E-state index is -0.717. The third-order valence-electron chi connectivity index (χ3n) is 8.73. The normalized spacial score (nSPS) is 20.8. The Morgan fingerprint density at radius 3 is 2.40 bits per heavy atom. The van der Waals surface area contributed by atoms with Crippen molar-refractivity contribution in [2.24, 2.45) is 16.3 Å². The number of nitrogens with one attached hydrogen (secondary N) is 1. The highest BCUT2D eigenvalue weighted by atomic mass is 35.5. The number of carbonyl (C=O) groups is 3. The number of amides is 2. The first-order valence-electron chi connectivity index (χ1n) is 16.1. The number of aliphatic imine (C=N–C) groups is 1. The highest BCUT2D eigenvalue weighted by Crippen LogP contribution is 2.49. The minimum Gasteiger partial charge on any atom is -0.400 e. The van der Waals surface area contributed by atoms with Gasteiger partial charge in [0, 0.05) is 31.7 Å². The molecule has 0 bridgehead atoms. The Kier molecular flexibility index (Phi) is 17.2. The van der Waals surface area contributed by atoms with Crippen molar-refractivity contribution in [2.45, 2.75) is 105 Å². The molecule has 2 N–H and O–H groups in total. The maximum Gasteiger partial charge on any atom is 0.275 e. The first kappa shape index (κ1) is 39.9. The van der Waals surface area contributed by atoms with Crippen LogP contribution in [-0.2, 0) is 14.4 Å². The summed E-state index contributed by atoms with van der Waals surface area (Å²) in [6.45, 7) is 15.1. The SMILES string of the molecule is CC.CO.C\C=C/C(=C\C=C\C(=O)NCCC=O)C(CC)N1C(=O)C(c2ccc(F)c(Cl)c2)=NC12CCC(C(C)(C)CC)CC2. The number of hydrogen-bond donors (Lipinski definition) is 2. The summed E-state index contributed by atoms with van der Waals surface area (Å²) >= 11 is 6.11. The van der Waals surface area contributed by atoms with Gasteiger partial charge in [-0.15, -0.1) is 0 Å². The number of aliphatic hydroxyl groups is 1. The van der Waals surface area contributed by atoms with Crippen LogP contribution in [0.3, 0.4) is 0 Å². The smallest absolute Gasteiger partial charge is 0.275 e. The van der Waals surface area contributed by atoms with Crippen molar-refractivity contribution in [3.63, 3.8) is 0 Å². The summed E-state index contributed by atoms with van der Waals surface area (Å²) in [7, 11) is 1.00. The van der Waals surface area contributed by atoms with E-state index in [0.29, 0.717) is 23.6 Å². The molecule has 0 saturated heterocycles. The number of rotatable bonds is 12. The van der Waals surface area contributed by atoms with Crippen LogP contribution in [0.15, 0.2) is 59.1 Å². The summed E-state index contributed by atoms with van der Waals surface area (Å²) in [6.07, 6.45) is 14.9.